The number of benzene rings is 1. The minimum absolute atomic E-state index is 0.0566. The van der Waals surface area contributed by atoms with Gasteiger partial charge in [0.15, 0.2) is 11.6 Å². The topological polar surface area (TPSA) is 104 Å². The van der Waals surface area contributed by atoms with E-state index < -0.39 is 24.0 Å². The van der Waals surface area contributed by atoms with Crippen LogP contribution in [0.1, 0.15) is 63.2 Å². The molecule has 29 heavy (non-hydrogen) atoms. The molecule has 1 aliphatic rings. The first-order chi connectivity index (χ1) is 13.7. The fourth-order valence-electron chi connectivity index (χ4n) is 3.95. The summed E-state index contributed by atoms with van der Waals surface area (Å²) < 4.78 is 0. The first-order valence-electron chi connectivity index (χ1n) is 10.4. The molecule has 4 atom stereocenters. The van der Waals surface area contributed by atoms with Gasteiger partial charge in [-0.1, -0.05) is 50.6 Å². The third-order valence-corrected chi connectivity index (χ3v) is 5.65. The summed E-state index contributed by atoms with van der Waals surface area (Å²) in [5.74, 6) is -1.22. The lowest BCUT2D eigenvalue weighted by atomic mass is 9.77. The summed E-state index contributed by atoms with van der Waals surface area (Å²) in [6, 6.07) is 8.24. The minimum Gasteiger partial charge on any atom is -0.393 e. The molecule has 160 valence electrons. The third-order valence-electron chi connectivity index (χ3n) is 5.65. The van der Waals surface area contributed by atoms with Gasteiger partial charge in [0.05, 0.1) is 12.6 Å². The molecule has 0 aromatic heterocycles. The molecular formula is C23H33NO5. The quantitative estimate of drug-likeness (QED) is 0.550. The number of nitrogens with one attached hydrogen (secondary N) is 1. The summed E-state index contributed by atoms with van der Waals surface area (Å²) in [6.45, 7) is 4.40. The molecule has 0 radical (unpaired) electrons. The molecule has 0 aliphatic heterocycles. The molecule has 1 aromatic carbocycles. The fraction of sp³-hybridized carbons (Fsp3) is 0.609. The van der Waals surface area contributed by atoms with E-state index in [0.717, 1.165) is 12.8 Å². The van der Waals surface area contributed by atoms with Gasteiger partial charge in [-0.3, -0.25) is 14.4 Å². The van der Waals surface area contributed by atoms with Crippen molar-refractivity contribution >= 4 is 17.5 Å². The van der Waals surface area contributed by atoms with E-state index in [9.17, 15) is 24.6 Å². The second kappa shape index (κ2) is 10.1. The molecule has 0 bridgehead atoms. The van der Waals surface area contributed by atoms with E-state index in [1.807, 2.05) is 32.0 Å². The van der Waals surface area contributed by atoms with Crippen molar-refractivity contribution in [2.45, 2.75) is 64.5 Å². The number of carbonyl (C=O) groups is 3. The molecular weight excluding hydrogens is 370 g/mol. The second-order valence-corrected chi connectivity index (χ2v) is 8.78. The maximum atomic E-state index is 12.9. The van der Waals surface area contributed by atoms with Crippen molar-refractivity contribution in [3.8, 4) is 0 Å². The van der Waals surface area contributed by atoms with Gasteiger partial charge in [-0.25, -0.2) is 0 Å². The molecule has 1 saturated carbocycles. The van der Waals surface area contributed by atoms with Crippen molar-refractivity contribution < 1.29 is 24.6 Å². The van der Waals surface area contributed by atoms with Crippen LogP contribution in [0.2, 0.25) is 0 Å². The first-order valence-corrected chi connectivity index (χ1v) is 10.4. The highest BCUT2D eigenvalue weighted by Gasteiger charge is 2.38. The highest BCUT2D eigenvalue weighted by Crippen LogP contribution is 2.32. The maximum absolute atomic E-state index is 12.9. The average Bonchev–Trinajstić information content (AvgIpc) is 2.72. The Morgan fingerprint density at radius 3 is 2.34 bits per heavy atom. The Kier molecular flexibility index (Phi) is 8.11. The lowest BCUT2D eigenvalue weighted by Crippen LogP contribution is -2.54. The van der Waals surface area contributed by atoms with Gasteiger partial charge >= 0.3 is 0 Å². The van der Waals surface area contributed by atoms with Crippen molar-refractivity contribution in [3.63, 3.8) is 0 Å². The zero-order valence-electron chi connectivity index (χ0n) is 17.6. The molecule has 1 aromatic rings. The Balaban J connectivity index is 2.07. The predicted molar refractivity (Wildman–Crippen MR) is 110 cm³/mol. The van der Waals surface area contributed by atoms with E-state index >= 15 is 0 Å². The number of Topliss-reactive ketones (excluding diaryl/α,β-unsaturated/α-hetero) is 2. The van der Waals surface area contributed by atoms with Crippen LogP contribution in [0, 0.1) is 17.8 Å². The second-order valence-electron chi connectivity index (χ2n) is 8.78. The van der Waals surface area contributed by atoms with Crippen LogP contribution in [0.5, 0.6) is 0 Å². The molecule has 1 fully saturated rings. The van der Waals surface area contributed by atoms with Crippen LogP contribution in [0.15, 0.2) is 30.3 Å². The Morgan fingerprint density at radius 1 is 1.14 bits per heavy atom. The largest absolute Gasteiger partial charge is 0.393 e. The number of aliphatic hydroxyl groups is 2. The number of hydrogen-bond acceptors (Lipinski definition) is 5. The number of ketones is 2. The summed E-state index contributed by atoms with van der Waals surface area (Å²) in [4.78, 5) is 38.3. The molecule has 3 N–H and O–H groups in total. The van der Waals surface area contributed by atoms with Crippen molar-refractivity contribution in [3.05, 3.63) is 35.9 Å². The van der Waals surface area contributed by atoms with E-state index in [-0.39, 0.29) is 29.4 Å². The van der Waals surface area contributed by atoms with E-state index in [2.05, 4.69) is 5.32 Å². The van der Waals surface area contributed by atoms with Crippen molar-refractivity contribution in [1.82, 2.24) is 5.32 Å². The zero-order chi connectivity index (χ0) is 21.6. The molecule has 6 nitrogen and oxygen atoms in total. The van der Waals surface area contributed by atoms with E-state index in [0.29, 0.717) is 24.8 Å². The number of amides is 1. The fourth-order valence-corrected chi connectivity index (χ4v) is 3.95. The van der Waals surface area contributed by atoms with Crippen LogP contribution in [-0.2, 0) is 9.59 Å². The van der Waals surface area contributed by atoms with Crippen LogP contribution < -0.4 is 5.32 Å². The van der Waals surface area contributed by atoms with Crippen LogP contribution in [0.3, 0.4) is 0 Å². The summed E-state index contributed by atoms with van der Waals surface area (Å²) >= 11 is 0. The predicted octanol–water partition coefficient (Wildman–Crippen LogP) is 2.52. The number of carbonyl (C=O) groups excluding carboxylic acids is 3. The summed E-state index contributed by atoms with van der Waals surface area (Å²) in [5.41, 5.74) is -1.24. The van der Waals surface area contributed by atoms with Gasteiger partial charge in [-0.05, 0) is 38.5 Å². The average molecular weight is 404 g/mol. The monoisotopic (exact) mass is 403 g/mol. The summed E-state index contributed by atoms with van der Waals surface area (Å²) in [6.07, 6.45) is 3.03. The van der Waals surface area contributed by atoms with Crippen LogP contribution in [0.25, 0.3) is 0 Å². The lowest BCUT2D eigenvalue weighted by molar-refractivity contribution is -0.144. The number of hydrogen-bond donors (Lipinski definition) is 3. The standard InChI is InChI=1S/C23H33NO5/c1-15(2)12-19(21(27)23(3,29)14-25)24-22(28)18-11-7-10-17(13-18)20(26)16-8-5-4-6-9-16/h4-6,8-9,15,17-19,25,29H,7,10-14H2,1-3H3,(H,24,28)/t17-,18?,19?,23?/m0/s1. The summed E-state index contributed by atoms with van der Waals surface area (Å²) in [5, 5.41) is 22.2. The first kappa shape index (κ1) is 23.2. The Labute approximate surface area is 172 Å². The highest BCUT2D eigenvalue weighted by molar-refractivity contribution is 5.98. The Hall–Kier alpha value is -2.05. The lowest BCUT2D eigenvalue weighted by Gasteiger charge is -2.31. The molecule has 1 amide bonds. The molecule has 1 aliphatic carbocycles. The maximum Gasteiger partial charge on any atom is 0.223 e. The molecule has 6 heteroatoms. The SMILES string of the molecule is CC(C)CC(NC(=O)C1CCC[C@H](C(=O)c2ccccc2)C1)C(=O)C(C)(O)CO. The van der Waals surface area contributed by atoms with Gasteiger partial charge in [0, 0.05) is 17.4 Å². The number of rotatable bonds is 9. The molecule has 3 unspecified atom stereocenters. The third kappa shape index (κ3) is 6.21. The van der Waals surface area contributed by atoms with Crippen molar-refractivity contribution in [2.75, 3.05) is 6.61 Å². The normalized spacial score (nSPS) is 22.6. The Bertz CT molecular complexity index is 713. The van der Waals surface area contributed by atoms with Crippen molar-refractivity contribution in [2.24, 2.45) is 17.8 Å². The van der Waals surface area contributed by atoms with Gasteiger partial charge in [0.2, 0.25) is 5.91 Å². The van der Waals surface area contributed by atoms with Gasteiger partial charge in [-0.2, -0.15) is 0 Å². The van der Waals surface area contributed by atoms with E-state index in [4.69, 9.17) is 0 Å². The number of aliphatic hydroxyl groups excluding tert-OH is 1. The molecule has 0 saturated heterocycles. The Morgan fingerprint density at radius 2 is 1.76 bits per heavy atom. The van der Waals surface area contributed by atoms with Gasteiger partial charge in [-0.15, -0.1) is 0 Å². The van der Waals surface area contributed by atoms with Crippen LogP contribution in [0.4, 0.5) is 0 Å². The smallest absolute Gasteiger partial charge is 0.223 e. The van der Waals surface area contributed by atoms with Gasteiger partial charge in [0.25, 0.3) is 0 Å². The molecule has 0 spiro atoms. The van der Waals surface area contributed by atoms with Crippen LogP contribution in [-0.4, -0.2) is 45.9 Å². The van der Waals surface area contributed by atoms with Gasteiger partial charge in [0.1, 0.15) is 5.60 Å². The highest BCUT2D eigenvalue weighted by atomic mass is 16.3. The minimum atomic E-state index is -1.90. The molecule has 2 rings (SSSR count). The van der Waals surface area contributed by atoms with E-state index in [1.54, 1.807) is 12.1 Å². The van der Waals surface area contributed by atoms with Crippen LogP contribution >= 0.6 is 0 Å². The summed E-state index contributed by atoms with van der Waals surface area (Å²) in [7, 11) is 0. The zero-order valence-corrected chi connectivity index (χ0v) is 17.6. The van der Waals surface area contributed by atoms with Crippen molar-refractivity contribution in [1.29, 1.82) is 0 Å². The van der Waals surface area contributed by atoms with E-state index in [1.165, 1.54) is 6.92 Å². The van der Waals surface area contributed by atoms with Gasteiger partial charge < -0.3 is 15.5 Å². The molecule has 0 heterocycles.